The molecule has 21 heavy (non-hydrogen) atoms. The van der Waals surface area contributed by atoms with Gasteiger partial charge in [-0.1, -0.05) is 24.3 Å². The zero-order chi connectivity index (χ0) is 14.7. The number of fused-ring (bicyclic) bond motifs is 1. The number of benzene rings is 1. The fourth-order valence-electron chi connectivity index (χ4n) is 3.37. The van der Waals surface area contributed by atoms with E-state index in [0.29, 0.717) is 11.8 Å². The minimum absolute atomic E-state index is 0.120. The number of nitrogens with zero attached hydrogens (tertiary/aromatic N) is 2. The molecule has 3 rings (SSSR count). The molecular weight excluding hydrogens is 262 g/mol. The first-order valence-corrected chi connectivity index (χ1v) is 7.45. The summed E-state index contributed by atoms with van der Waals surface area (Å²) in [6.07, 6.45) is 6.94. The van der Waals surface area contributed by atoms with E-state index in [1.165, 1.54) is 24.0 Å². The van der Waals surface area contributed by atoms with Gasteiger partial charge in [-0.05, 0) is 37.4 Å². The molecule has 0 spiro atoms. The van der Waals surface area contributed by atoms with Gasteiger partial charge in [0.05, 0.1) is 13.2 Å². The van der Waals surface area contributed by atoms with Crippen LogP contribution in [0.2, 0.25) is 0 Å². The molecule has 4 heteroatoms. The minimum atomic E-state index is 0.120. The zero-order valence-electron chi connectivity index (χ0n) is 12.5. The average molecular weight is 283 g/mol. The van der Waals surface area contributed by atoms with Crippen LogP contribution in [0.5, 0.6) is 5.88 Å². The van der Waals surface area contributed by atoms with Gasteiger partial charge in [-0.15, -0.1) is 0 Å². The molecule has 1 aliphatic carbocycles. The number of nitrogens with one attached hydrogen (secondary N) is 1. The topological polar surface area (TPSA) is 47.0 Å². The summed E-state index contributed by atoms with van der Waals surface area (Å²) in [6, 6.07) is 8.85. The van der Waals surface area contributed by atoms with Gasteiger partial charge in [-0.25, -0.2) is 4.98 Å². The zero-order valence-corrected chi connectivity index (χ0v) is 12.5. The Kier molecular flexibility index (Phi) is 4.15. The summed E-state index contributed by atoms with van der Waals surface area (Å²) in [5.41, 5.74) is 3.77. The second-order valence-electron chi connectivity index (χ2n) is 5.41. The van der Waals surface area contributed by atoms with Crippen molar-refractivity contribution in [3.8, 4) is 5.88 Å². The minimum Gasteiger partial charge on any atom is -0.480 e. The molecule has 0 saturated heterocycles. The monoisotopic (exact) mass is 283 g/mol. The molecule has 0 bridgehead atoms. The van der Waals surface area contributed by atoms with Crippen LogP contribution >= 0.6 is 0 Å². The number of aromatic nitrogens is 2. The molecule has 1 aromatic heterocycles. The molecule has 0 saturated carbocycles. The lowest BCUT2D eigenvalue weighted by Gasteiger charge is -2.32. The number of hydrogen-bond acceptors (Lipinski definition) is 4. The van der Waals surface area contributed by atoms with Crippen molar-refractivity contribution < 1.29 is 4.74 Å². The van der Waals surface area contributed by atoms with E-state index < -0.39 is 0 Å². The van der Waals surface area contributed by atoms with Crippen LogP contribution in [-0.2, 0) is 6.42 Å². The quantitative estimate of drug-likeness (QED) is 0.937. The van der Waals surface area contributed by atoms with E-state index in [1.54, 1.807) is 19.5 Å². The van der Waals surface area contributed by atoms with Crippen molar-refractivity contribution in [2.75, 3.05) is 14.2 Å². The van der Waals surface area contributed by atoms with Gasteiger partial charge in [0.15, 0.2) is 0 Å². The second-order valence-corrected chi connectivity index (χ2v) is 5.41. The summed E-state index contributed by atoms with van der Waals surface area (Å²) in [5.74, 6) is 1.02. The molecule has 1 aliphatic rings. The van der Waals surface area contributed by atoms with Crippen LogP contribution < -0.4 is 10.1 Å². The van der Waals surface area contributed by atoms with Gasteiger partial charge in [0, 0.05) is 18.3 Å². The lowest BCUT2D eigenvalue weighted by molar-refractivity contribution is 0.359. The molecule has 2 unspecified atom stereocenters. The normalized spacial score (nSPS) is 18.9. The molecule has 0 amide bonds. The highest BCUT2D eigenvalue weighted by Crippen LogP contribution is 2.41. The van der Waals surface area contributed by atoms with Gasteiger partial charge in [0.2, 0.25) is 5.88 Å². The Balaban J connectivity index is 2.01. The van der Waals surface area contributed by atoms with Gasteiger partial charge in [0.25, 0.3) is 0 Å². The van der Waals surface area contributed by atoms with Crippen LogP contribution in [0.4, 0.5) is 0 Å². The van der Waals surface area contributed by atoms with E-state index in [-0.39, 0.29) is 6.04 Å². The third-order valence-electron chi connectivity index (χ3n) is 4.31. The van der Waals surface area contributed by atoms with Crippen LogP contribution in [0.3, 0.4) is 0 Å². The van der Waals surface area contributed by atoms with Gasteiger partial charge in [-0.3, -0.25) is 4.98 Å². The Morgan fingerprint density at radius 2 is 2.05 bits per heavy atom. The highest BCUT2D eigenvalue weighted by Gasteiger charge is 2.30. The van der Waals surface area contributed by atoms with Gasteiger partial charge in [0.1, 0.15) is 5.69 Å². The Hall–Kier alpha value is -1.94. The van der Waals surface area contributed by atoms with E-state index in [0.717, 1.165) is 12.1 Å². The van der Waals surface area contributed by atoms with Crippen molar-refractivity contribution in [1.29, 1.82) is 0 Å². The fourth-order valence-corrected chi connectivity index (χ4v) is 3.37. The largest absolute Gasteiger partial charge is 0.480 e. The maximum absolute atomic E-state index is 5.39. The molecule has 2 atom stereocenters. The fraction of sp³-hybridized carbons (Fsp3) is 0.412. The average Bonchev–Trinajstić information content (AvgIpc) is 2.56. The van der Waals surface area contributed by atoms with Crippen molar-refractivity contribution in [3.05, 3.63) is 53.5 Å². The van der Waals surface area contributed by atoms with Crippen LogP contribution in [0.1, 0.15) is 41.6 Å². The number of aryl methyl sites for hydroxylation is 1. The maximum Gasteiger partial charge on any atom is 0.237 e. The van der Waals surface area contributed by atoms with E-state index in [9.17, 15) is 0 Å². The van der Waals surface area contributed by atoms with E-state index in [2.05, 4.69) is 39.6 Å². The molecule has 2 aromatic rings. The lowest BCUT2D eigenvalue weighted by Crippen LogP contribution is -2.28. The summed E-state index contributed by atoms with van der Waals surface area (Å²) in [7, 11) is 3.63. The van der Waals surface area contributed by atoms with E-state index in [1.807, 2.05) is 7.05 Å². The predicted octanol–water partition coefficient (Wildman–Crippen LogP) is 2.87. The van der Waals surface area contributed by atoms with Crippen molar-refractivity contribution in [3.63, 3.8) is 0 Å². The van der Waals surface area contributed by atoms with Gasteiger partial charge >= 0.3 is 0 Å². The van der Waals surface area contributed by atoms with Crippen molar-refractivity contribution >= 4 is 0 Å². The molecule has 0 aliphatic heterocycles. The Morgan fingerprint density at radius 1 is 1.24 bits per heavy atom. The number of hydrogen-bond donors (Lipinski definition) is 1. The van der Waals surface area contributed by atoms with Crippen LogP contribution in [-0.4, -0.2) is 24.1 Å². The smallest absolute Gasteiger partial charge is 0.237 e. The second kappa shape index (κ2) is 6.22. The number of rotatable bonds is 4. The number of ether oxygens (including phenoxy) is 1. The molecule has 4 nitrogen and oxygen atoms in total. The molecule has 1 N–H and O–H groups in total. The molecule has 110 valence electrons. The van der Waals surface area contributed by atoms with Crippen molar-refractivity contribution in [1.82, 2.24) is 15.3 Å². The first-order chi connectivity index (χ1) is 10.3. The summed E-state index contributed by atoms with van der Waals surface area (Å²) in [6.45, 7) is 0. The first kappa shape index (κ1) is 14.0. The van der Waals surface area contributed by atoms with Gasteiger partial charge in [-0.2, -0.15) is 0 Å². The summed E-state index contributed by atoms with van der Waals surface area (Å²) >= 11 is 0. The van der Waals surface area contributed by atoms with E-state index >= 15 is 0 Å². The van der Waals surface area contributed by atoms with Crippen LogP contribution in [0.15, 0.2) is 36.7 Å². The SMILES string of the molecule is CNC(c1nccnc1OC)C1CCCc2ccccc21. The molecular formula is C17H21N3O. The summed E-state index contributed by atoms with van der Waals surface area (Å²) in [4.78, 5) is 8.81. The third-order valence-corrected chi connectivity index (χ3v) is 4.31. The number of likely N-dealkylation sites (N-methyl/N-ethyl adjacent to an activating group) is 1. The van der Waals surface area contributed by atoms with Crippen molar-refractivity contribution in [2.24, 2.45) is 0 Å². The van der Waals surface area contributed by atoms with E-state index in [4.69, 9.17) is 4.74 Å². The van der Waals surface area contributed by atoms with Crippen LogP contribution in [0, 0.1) is 0 Å². The lowest BCUT2D eigenvalue weighted by atomic mass is 9.78. The Labute approximate surface area is 125 Å². The summed E-state index contributed by atoms with van der Waals surface area (Å²) < 4.78 is 5.39. The Morgan fingerprint density at radius 3 is 2.86 bits per heavy atom. The molecule has 1 aromatic carbocycles. The molecule has 0 fully saturated rings. The highest BCUT2D eigenvalue weighted by atomic mass is 16.5. The molecule has 0 radical (unpaired) electrons. The van der Waals surface area contributed by atoms with Crippen LogP contribution in [0.25, 0.3) is 0 Å². The first-order valence-electron chi connectivity index (χ1n) is 7.45. The standard InChI is InChI=1S/C17H21N3O/c1-18-15(16-17(21-2)20-11-10-19-16)14-9-5-7-12-6-3-4-8-13(12)14/h3-4,6,8,10-11,14-15,18H,5,7,9H2,1-2H3. The molecule has 1 heterocycles. The Bertz CT molecular complexity index is 614. The van der Waals surface area contributed by atoms with Gasteiger partial charge < -0.3 is 10.1 Å². The highest BCUT2D eigenvalue weighted by molar-refractivity contribution is 5.36. The maximum atomic E-state index is 5.39. The summed E-state index contributed by atoms with van der Waals surface area (Å²) in [5, 5.41) is 3.42. The third kappa shape index (κ3) is 2.63. The predicted molar refractivity (Wildman–Crippen MR) is 82.5 cm³/mol. The number of methoxy groups -OCH3 is 1. The van der Waals surface area contributed by atoms with Crippen molar-refractivity contribution in [2.45, 2.75) is 31.2 Å².